The summed E-state index contributed by atoms with van der Waals surface area (Å²) in [5.41, 5.74) is 1.48. The van der Waals surface area contributed by atoms with Crippen molar-refractivity contribution in [2.75, 3.05) is 19.0 Å². The maximum atomic E-state index is 13.1. The molecule has 2 aromatic rings. The van der Waals surface area contributed by atoms with Gasteiger partial charge in [-0.1, -0.05) is 12.8 Å². The number of hydrogen-bond donors (Lipinski definition) is 1. The molecule has 2 amide bonds. The molecule has 1 aromatic heterocycles. The van der Waals surface area contributed by atoms with Crippen LogP contribution < -0.4 is 5.32 Å². The van der Waals surface area contributed by atoms with E-state index in [2.05, 4.69) is 10.1 Å². The Hall–Kier alpha value is -2.76. The van der Waals surface area contributed by atoms with Crippen LogP contribution in [0.15, 0.2) is 40.8 Å². The zero-order valence-corrected chi connectivity index (χ0v) is 16.1. The molecular weight excluding hydrogens is 356 g/mol. The second kappa shape index (κ2) is 8.09. The number of anilines is 1. The molecule has 0 bridgehead atoms. The SMILES string of the molecule is COC(=O)Nc1ccc(-c2ccc(C(=O)N3CCC[C@@H]4CCCC[C@@H]43)o2)cc1. The lowest BCUT2D eigenvalue weighted by molar-refractivity contribution is 0.0363. The fourth-order valence-corrected chi connectivity index (χ4v) is 4.51. The van der Waals surface area contributed by atoms with Gasteiger partial charge in [0, 0.05) is 23.8 Å². The molecule has 1 aliphatic heterocycles. The van der Waals surface area contributed by atoms with Crippen LogP contribution in [0.2, 0.25) is 0 Å². The summed E-state index contributed by atoms with van der Waals surface area (Å²) in [6, 6.07) is 11.2. The number of likely N-dealkylation sites (tertiary alicyclic amines) is 1. The molecule has 1 aromatic carbocycles. The van der Waals surface area contributed by atoms with Gasteiger partial charge >= 0.3 is 6.09 Å². The van der Waals surface area contributed by atoms with Gasteiger partial charge in [0.15, 0.2) is 5.76 Å². The summed E-state index contributed by atoms with van der Waals surface area (Å²) in [6.07, 6.45) is 6.65. The summed E-state index contributed by atoms with van der Waals surface area (Å²) in [4.78, 5) is 26.4. The third-order valence-electron chi connectivity index (χ3n) is 5.92. The van der Waals surface area contributed by atoms with Gasteiger partial charge in [0.2, 0.25) is 0 Å². The minimum Gasteiger partial charge on any atom is -0.453 e. The van der Waals surface area contributed by atoms with Crippen molar-refractivity contribution < 1.29 is 18.7 Å². The molecule has 2 heterocycles. The normalized spacial score (nSPS) is 21.7. The summed E-state index contributed by atoms with van der Waals surface area (Å²) < 4.78 is 10.5. The van der Waals surface area contributed by atoms with E-state index in [-0.39, 0.29) is 5.91 Å². The number of nitrogens with one attached hydrogen (secondary N) is 1. The van der Waals surface area contributed by atoms with Gasteiger partial charge in [-0.2, -0.15) is 0 Å². The number of furan rings is 1. The molecule has 2 aliphatic rings. The first kappa shape index (κ1) is 18.6. The fourth-order valence-electron chi connectivity index (χ4n) is 4.51. The molecule has 1 N–H and O–H groups in total. The number of carbonyl (C=O) groups is 2. The van der Waals surface area contributed by atoms with Gasteiger partial charge in [0.1, 0.15) is 5.76 Å². The van der Waals surface area contributed by atoms with Crippen LogP contribution in [0, 0.1) is 5.92 Å². The highest BCUT2D eigenvalue weighted by Gasteiger charge is 2.36. The summed E-state index contributed by atoms with van der Waals surface area (Å²) in [7, 11) is 1.32. The van der Waals surface area contributed by atoms with E-state index in [0.29, 0.717) is 29.2 Å². The molecule has 0 radical (unpaired) electrons. The Labute approximate surface area is 164 Å². The van der Waals surface area contributed by atoms with Gasteiger partial charge in [-0.3, -0.25) is 10.1 Å². The van der Waals surface area contributed by atoms with Gasteiger partial charge in [0.05, 0.1) is 7.11 Å². The number of rotatable bonds is 3. The van der Waals surface area contributed by atoms with E-state index in [1.165, 1.54) is 32.8 Å². The lowest BCUT2D eigenvalue weighted by Crippen LogP contribution is -2.49. The van der Waals surface area contributed by atoms with Crippen molar-refractivity contribution in [1.29, 1.82) is 0 Å². The number of hydrogen-bond acceptors (Lipinski definition) is 4. The van der Waals surface area contributed by atoms with Crippen molar-refractivity contribution >= 4 is 17.7 Å². The zero-order valence-electron chi connectivity index (χ0n) is 16.1. The van der Waals surface area contributed by atoms with E-state index in [4.69, 9.17) is 4.42 Å². The number of benzene rings is 1. The predicted molar refractivity (Wildman–Crippen MR) is 106 cm³/mol. The molecule has 1 saturated carbocycles. The van der Waals surface area contributed by atoms with Gasteiger partial charge < -0.3 is 14.1 Å². The Morgan fingerprint density at radius 2 is 1.79 bits per heavy atom. The fraction of sp³-hybridized carbons (Fsp3) is 0.455. The van der Waals surface area contributed by atoms with Crippen LogP contribution in [0.25, 0.3) is 11.3 Å². The first-order valence-electron chi connectivity index (χ1n) is 10.0. The average Bonchev–Trinajstić information content (AvgIpc) is 3.23. The van der Waals surface area contributed by atoms with Crippen LogP contribution in [0.3, 0.4) is 0 Å². The first-order chi connectivity index (χ1) is 13.7. The van der Waals surface area contributed by atoms with Crippen LogP contribution in [0.4, 0.5) is 10.5 Å². The molecule has 1 saturated heterocycles. The van der Waals surface area contributed by atoms with E-state index in [1.54, 1.807) is 18.2 Å². The molecule has 2 atom stereocenters. The van der Waals surface area contributed by atoms with Crippen LogP contribution in [0.5, 0.6) is 0 Å². The van der Waals surface area contributed by atoms with E-state index in [1.807, 2.05) is 23.1 Å². The highest BCUT2D eigenvalue weighted by molar-refractivity contribution is 5.92. The van der Waals surface area contributed by atoms with Crippen LogP contribution in [-0.2, 0) is 4.74 Å². The maximum absolute atomic E-state index is 13.1. The molecule has 0 spiro atoms. The minimum absolute atomic E-state index is 0.00632. The second-order valence-electron chi connectivity index (χ2n) is 7.61. The highest BCUT2D eigenvalue weighted by atomic mass is 16.5. The zero-order chi connectivity index (χ0) is 19.5. The van der Waals surface area contributed by atoms with Gasteiger partial charge in [-0.25, -0.2) is 4.79 Å². The summed E-state index contributed by atoms with van der Waals surface area (Å²) in [5, 5.41) is 2.61. The smallest absolute Gasteiger partial charge is 0.411 e. The minimum atomic E-state index is -0.513. The molecule has 148 valence electrons. The average molecular weight is 382 g/mol. The van der Waals surface area contributed by atoms with Crippen LogP contribution in [0.1, 0.15) is 49.1 Å². The third kappa shape index (κ3) is 3.77. The van der Waals surface area contributed by atoms with E-state index in [0.717, 1.165) is 24.9 Å². The Balaban J connectivity index is 1.47. The van der Waals surface area contributed by atoms with Gasteiger partial charge in [0.25, 0.3) is 5.91 Å². The van der Waals surface area contributed by atoms with Gasteiger partial charge in [-0.15, -0.1) is 0 Å². The van der Waals surface area contributed by atoms with Crippen molar-refractivity contribution in [1.82, 2.24) is 4.90 Å². The number of fused-ring (bicyclic) bond motifs is 1. The molecule has 6 heteroatoms. The molecule has 1 aliphatic carbocycles. The number of amides is 2. The maximum Gasteiger partial charge on any atom is 0.411 e. The van der Waals surface area contributed by atoms with E-state index >= 15 is 0 Å². The first-order valence-corrected chi connectivity index (χ1v) is 10.0. The van der Waals surface area contributed by atoms with Crippen LogP contribution >= 0.6 is 0 Å². The standard InChI is InChI=1S/C22H26N2O4/c1-27-22(26)23-17-10-8-16(9-11-17)19-12-13-20(28-19)21(25)24-14-4-6-15-5-2-3-7-18(15)24/h8-13,15,18H,2-7,14H2,1H3,(H,23,26)/t15-,18-/m0/s1. The summed E-state index contributed by atoms with van der Waals surface area (Å²) >= 11 is 0. The van der Waals surface area contributed by atoms with Crippen molar-refractivity contribution in [3.63, 3.8) is 0 Å². The molecule has 0 unspecified atom stereocenters. The van der Waals surface area contributed by atoms with Crippen molar-refractivity contribution in [2.24, 2.45) is 5.92 Å². The largest absolute Gasteiger partial charge is 0.453 e. The summed E-state index contributed by atoms with van der Waals surface area (Å²) in [6.45, 7) is 0.823. The highest BCUT2D eigenvalue weighted by Crippen LogP contribution is 2.36. The van der Waals surface area contributed by atoms with Crippen molar-refractivity contribution in [3.05, 3.63) is 42.2 Å². The third-order valence-corrected chi connectivity index (χ3v) is 5.92. The number of ether oxygens (including phenoxy) is 1. The molecule has 4 rings (SSSR count). The quantitative estimate of drug-likeness (QED) is 0.818. The molecule has 28 heavy (non-hydrogen) atoms. The van der Waals surface area contributed by atoms with Gasteiger partial charge in [-0.05, 0) is 68.0 Å². The lowest BCUT2D eigenvalue weighted by atomic mass is 9.78. The lowest BCUT2D eigenvalue weighted by Gasteiger charge is -2.43. The Morgan fingerprint density at radius 3 is 2.57 bits per heavy atom. The Morgan fingerprint density at radius 1 is 1.04 bits per heavy atom. The number of nitrogens with zero attached hydrogens (tertiary/aromatic N) is 1. The second-order valence-corrected chi connectivity index (χ2v) is 7.61. The topological polar surface area (TPSA) is 71.8 Å². The molecule has 2 fully saturated rings. The monoisotopic (exact) mass is 382 g/mol. The number of piperidine rings is 1. The number of methoxy groups -OCH3 is 1. The number of carbonyl (C=O) groups excluding carboxylic acids is 2. The van der Waals surface area contributed by atoms with Crippen molar-refractivity contribution in [3.8, 4) is 11.3 Å². The Bertz CT molecular complexity index is 840. The van der Waals surface area contributed by atoms with E-state index < -0.39 is 6.09 Å². The van der Waals surface area contributed by atoms with Crippen LogP contribution in [-0.4, -0.2) is 36.6 Å². The molecular formula is C22H26N2O4. The molecule has 6 nitrogen and oxygen atoms in total. The predicted octanol–water partition coefficient (Wildman–Crippen LogP) is 4.92. The summed E-state index contributed by atoms with van der Waals surface area (Å²) in [5.74, 6) is 1.70. The van der Waals surface area contributed by atoms with E-state index in [9.17, 15) is 9.59 Å². The Kier molecular flexibility index (Phi) is 5.37. The van der Waals surface area contributed by atoms with Crippen molar-refractivity contribution in [2.45, 2.75) is 44.6 Å².